The summed E-state index contributed by atoms with van der Waals surface area (Å²) in [5, 5.41) is 0. The summed E-state index contributed by atoms with van der Waals surface area (Å²) in [5.74, 6) is -0.217. The standard InChI is InChI=1S/C21H19NO4S/c1-3-26-21(25)17-10-16(13-4-5-13)19-12(2)15(8-9-22(19)20(17)24)18-7-6-14(11-23)27-18/h6-11,13H,3-5H2,1-2H3. The number of esters is 1. The average Bonchev–Trinajstić information content (AvgIpc) is 3.39. The van der Waals surface area contributed by atoms with E-state index in [1.165, 1.54) is 11.3 Å². The van der Waals surface area contributed by atoms with E-state index in [1.54, 1.807) is 29.7 Å². The van der Waals surface area contributed by atoms with Gasteiger partial charge in [0.05, 0.1) is 17.0 Å². The van der Waals surface area contributed by atoms with E-state index in [-0.39, 0.29) is 17.7 Å². The van der Waals surface area contributed by atoms with Gasteiger partial charge in [-0.05, 0) is 73.6 Å². The summed E-state index contributed by atoms with van der Waals surface area (Å²) in [6.45, 7) is 3.94. The Morgan fingerprint density at radius 1 is 1.33 bits per heavy atom. The van der Waals surface area contributed by atoms with Gasteiger partial charge >= 0.3 is 5.97 Å². The van der Waals surface area contributed by atoms with Gasteiger partial charge in [0.15, 0.2) is 6.29 Å². The van der Waals surface area contributed by atoms with E-state index < -0.39 is 5.97 Å². The number of fused-ring (bicyclic) bond motifs is 1. The number of carbonyl (C=O) groups excluding carboxylic acids is 2. The fourth-order valence-electron chi connectivity index (χ4n) is 3.49. The Kier molecular flexibility index (Phi) is 4.44. The lowest BCUT2D eigenvalue weighted by atomic mass is 10.00. The van der Waals surface area contributed by atoms with E-state index in [4.69, 9.17) is 4.74 Å². The maximum Gasteiger partial charge on any atom is 0.343 e. The number of aromatic nitrogens is 1. The molecule has 0 bridgehead atoms. The van der Waals surface area contributed by atoms with Crippen LogP contribution >= 0.6 is 11.3 Å². The molecule has 0 atom stereocenters. The average molecular weight is 381 g/mol. The van der Waals surface area contributed by atoms with Crippen LogP contribution in [0.25, 0.3) is 16.0 Å². The second-order valence-corrected chi connectivity index (χ2v) is 7.82. The third-order valence-electron chi connectivity index (χ3n) is 4.93. The first-order chi connectivity index (χ1) is 13.0. The molecule has 27 heavy (non-hydrogen) atoms. The predicted octanol–water partition coefficient (Wildman–Crippen LogP) is 4.20. The number of hydrogen-bond acceptors (Lipinski definition) is 5. The third-order valence-corrected chi connectivity index (χ3v) is 5.98. The maximum atomic E-state index is 12.9. The Bertz CT molecular complexity index is 1120. The zero-order valence-corrected chi connectivity index (χ0v) is 16.0. The first-order valence-electron chi connectivity index (χ1n) is 8.96. The molecule has 1 saturated carbocycles. The molecule has 3 aromatic heterocycles. The van der Waals surface area contributed by atoms with Gasteiger partial charge in [-0.15, -0.1) is 11.3 Å². The number of carbonyl (C=O) groups is 2. The summed E-state index contributed by atoms with van der Waals surface area (Å²) in [5.41, 5.74) is 3.58. The Hall–Kier alpha value is -2.73. The molecule has 0 radical (unpaired) electrons. The Labute approximate surface area is 160 Å². The van der Waals surface area contributed by atoms with Gasteiger partial charge in [0.25, 0.3) is 5.56 Å². The first kappa shape index (κ1) is 17.7. The molecule has 6 heteroatoms. The van der Waals surface area contributed by atoms with Crippen molar-refractivity contribution in [3.05, 3.63) is 62.4 Å². The van der Waals surface area contributed by atoms with Gasteiger partial charge in [-0.3, -0.25) is 14.0 Å². The number of aldehydes is 1. The highest BCUT2D eigenvalue weighted by Gasteiger charge is 2.29. The summed E-state index contributed by atoms with van der Waals surface area (Å²) in [7, 11) is 0. The van der Waals surface area contributed by atoms with E-state index in [9.17, 15) is 14.4 Å². The van der Waals surface area contributed by atoms with E-state index in [2.05, 4.69) is 0 Å². The summed E-state index contributed by atoms with van der Waals surface area (Å²) >= 11 is 1.43. The van der Waals surface area contributed by atoms with Gasteiger partial charge in [0, 0.05) is 11.1 Å². The second-order valence-electron chi connectivity index (χ2n) is 6.71. The van der Waals surface area contributed by atoms with Gasteiger partial charge in [-0.25, -0.2) is 4.79 Å². The van der Waals surface area contributed by atoms with E-state index in [1.807, 2.05) is 19.1 Å². The van der Waals surface area contributed by atoms with Crippen molar-refractivity contribution in [2.45, 2.75) is 32.6 Å². The largest absolute Gasteiger partial charge is 0.462 e. The van der Waals surface area contributed by atoms with Gasteiger partial charge in [0.2, 0.25) is 0 Å². The van der Waals surface area contributed by atoms with Gasteiger partial charge < -0.3 is 4.74 Å². The van der Waals surface area contributed by atoms with Crippen LogP contribution in [0, 0.1) is 6.92 Å². The molecule has 0 amide bonds. The number of ether oxygens (including phenoxy) is 1. The lowest BCUT2D eigenvalue weighted by molar-refractivity contribution is 0.0524. The van der Waals surface area contributed by atoms with Crippen LogP contribution in [0.3, 0.4) is 0 Å². The lowest BCUT2D eigenvalue weighted by Crippen LogP contribution is -2.25. The minimum absolute atomic E-state index is 0.0859. The van der Waals surface area contributed by atoms with Gasteiger partial charge in [0.1, 0.15) is 5.56 Å². The van der Waals surface area contributed by atoms with Crippen molar-refractivity contribution in [2.24, 2.45) is 0 Å². The number of aryl methyl sites for hydroxylation is 1. The molecule has 0 aliphatic heterocycles. The molecule has 5 nitrogen and oxygen atoms in total. The summed E-state index contributed by atoms with van der Waals surface area (Å²) in [6, 6.07) is 7.31. The topological polar surface area (TPSA) is 64.8 Å². The van der Waals surface area contributed by atoms with Gasteiger partial charge in [-0.2, -0.15) is 0 Å². The number of pyridine rings is 2. The van der Waals surface area contributed by atoms with E-state index >= 15 is 0 Å². The van der Waals surface area contributed by atoms with Crippen molar-refractivity contribution >= 4 is 29.1 Å². The molecule has 0 N–H and O–H groups in total. The second kappa shape index (κ2) is 6.78. The highest BCUT2D eigenvalue weighted by atomic mass is 32.1. The minimum Gasteiger partial charge on any atom is -0.462 e. The van der Waals surface area contributed by atoms with Crippen LogP contribution in [0.1, 0.15) is 56.8 Å². The third kappa shape index (κ3) is 3.00. The number of thiophene rings is 1. The monoisotopic (exact) mass is 381 g/mol. The first-order valence-corrected chi connectivity index (χ1v) is 9.78. The molecule has 3 heterocycles. The maximum absolute atomic E-state index is 12.9. The molecule has 1 aliphatic rings. The molecule has 0 spiro atoms. The zero-order chi connectivity index (χ0) is 19.1. The predicted molar refractivity (Wildman–Crippen MR) is 105 cm³/mol. The van der Waals surface area contributed by atoms with Crippen LogP contribution in [0.4, 0.5) is 0 Å². The summed E-state index contributed by atoms with van der Waals surface area (Å²) < 4.78 is 6.63. The minimum atomic E-state index is -0.575. The van der Waals surface area contributed by atoms with Crippen LogP contribution in [-0.2, 0) is 4.74 Å². The molecule has 0 unspecified atom stereocenters. The number of nitrogens with zero attached hydrogens (tertiary/aromatic N) is 1. The normalized spacial score (nSPS) is 13.7. The smallest absolute Gasteiger partial charge is 0.343 e. The molecule has 4 rings (SSSR count). The van der Waals surface area contributed by atoms with E-state index in [0.29, 0.717) is 10.8 Å². The van der Waals surface area contributed by atoms with Crippen LogP contribution in [0.2, 0.25) is 0 Å². The van der Waals surface area contributed by atoms with Crippen molar-refractivity contribution in [3.8, 4) is 10.4 Å². The van der Waals surface area contributed by atoms with Crippen molar-refractivity contribution in [1.29, 1.82) is 0 Å². The van der Waals surface area contributed by atoms with Crippen molar-refractivity contribution in [2.75, 3.05) is 6.61 Å². The highest BCUT2D eigenvalue weighted by Crippen LogP contribution is 2.43. The van der Waals surface area contributed by atoms with Crippen molar-refractivity contribution in [1.82, 2.24) is 4.40 Å². The molecule has 3 aromatic rings. The van der Waals surface area contributed by atoms with Crippen LogP contribution < -0.4 is 5.56 Å². The van der Waals surface area contributed by atoms with Crippen molar-refractivity contribution < 1.29 is 14.3 Å². The Balaban J connectivity index is 1.98. The quantitative estimate of drug-likeness (QED) is 0.491. The Morgan fingerprint density at radius 2 is 2.11 bits per heavy atom. The molecule has 0 saturated heterocycles. The lowest BCUT2D eigenvalue weighted by Gasteiger charge is -2.15. The molecule has 1 aliphatic carbocycles. The highest BCUT2D eigenvalue weighted by molar-refractivity contribution is 7.17. The SMILES string of the molecule is CCOC(=O)c1cc(C2CC2)c2c(C)c(-c3ccc(C=O)s3)ccn2c1=O. The summed E-state index contributed by atoms with van der Waals surface area (Å²) in [4.78, 5) is 37.8. The summed E-state index contributed by atoms with van der Waals surface area (Å²) in [6.07, 6.45) is 4.66. The number of hydrogen-bond donors (Lipinski definition) is 0. The number of rotatable bonds is 5. The molecule has 138 valence electrons. The molecular weight excluding hydrogens is 362 g/mol. The fraction of sp³-hybridized carbons (Fsp3) is 0.286. The zero-order valence-electron chi connectivity index (χ0n) is 15.2. The molecule has 1 fully saturated rings. The van der Waals surface area contributed by atoms with Gasteiger partial charge in [-0.1, -0.05) is 0 Å². The van der Waals surface area contributed by atoms with E-state index in [0.717, 1.165) is 46.2 Å². The fourth-order valence-corrected chi connectivity index (χ4v) is 4.39. The molecular formula is C21H19NO4S. The molecule has 0 aromatic carbocycles. The van der Waals surface area contributed by atoms with Crippen molar-refractivity contribution in [3.63, 3.8) is 0 Å². The van der Waals surface area contributed by atoms with Crippen LogP contribution in [0.5, 0.6) is 0 Å². The van der Waals surface area contributed by atoms with Crippen LogP contribution in [-0.4, -0.2) is 23.3 Å². The van der Waals surface area contributed by atoms with Crippen LogP contribution in [0.15, 0.2) is 35.3 Å². The Morgan fingerprint density at radius 3 is 2.74 bits per heavy atom.